The summed E-state index contributed by atoms with van der Waals surface area (Å²) in [5.74, 6) is 1.37. The highest BCUT2D eigenvalue weighted by molar-refractivity contribution is 5.95. The van der Waals surface area contributed by atoms with Gasteiger partial charge in [-0.05, 0) is 72.1 Å². The van der Waals surface area contributed by atoms with Gasteiger partial charge in [-0.15, -0.1) is 0 Å². The van der Waals surface area contributed by atoms with Crippen molar-refractivity contribution in [2.75, 3.05) is 13.7 Å². The van der Waals surface area contributed by atoms with Crippen LogP contribution in [0.25, 0.3) is 0 Å². The summed E-state index contributed by atoms with van der Waals surface area (Å²) in [7, 11) is 1.52. The Hall–Kier alpha value is -4.40. The number of carbonyl (C=O) groups excluding carboxylic acids is 1. The zero-order chi connectivity index (χ0) is 24.3. The van der Waals surface area contributed by atoms with Crippen LogP contribution < -0.4 is 19.6 Å². The van der Waals surface area contributed by atoms with Gasteiger partial charge < -0.3 is 14.2 Å². The lowest BCUT2D eigenvalue weighted by molar-refractivity contribution is -0.384. The van der Waals surface area contributed by atoms with E-state index in [0.29, 0.717) is 35.0 Å². The van der Waals surface area contributed by atoms with E-state index in [4.69, 9.17) is 14.2 Å². The van der Waals surface area contributed by atoms with Crippen molar-refractivity contribution in [3.8, 4) is 17.2 Å². The van der Waals surface area contributed by atoms with Gasteiger partial charge in [0.25, 0.3) is 11.6 Å². The summed E-state index contributed by atoms with van der Waals surface area (Å²) >= 11 is 0. The third-order valence-corrected chi connectivity index (χ3v) is 4.70. The molecule has 0 aliphatic rings. The van der Waals surface area contributed by atoms with Crippen LogP contribution in [0.2, 0.25) is 0 Å². The lowest BCUT2D eigenvalue weighted by atomic mass is 10.2. The number of amides is 1. The number of benzene rings is 3. The molecule has 0 saturated carbocycles. The number of ether oxygens (including phenoxy) is 3. The Balaban J connectivity index is 1.56. The van der Waals surface area contributed by atoms with E-state index in [9.17, 15) is 14.9 Å². The molecule has 0 bridgehead atoms. The van der Waals surface area contributed by atoms with Crippen LogP contribution in [0.15, 0.2) is 71.8 Å². The third-order valence-electron chi connectivity index (χ3n) is 4.70. The number of hydrogen-bond donors (Lipinski definition) is 1. The number of rotatable bonds is 11. The summed E-state index contributed by atoms with van der Waals surface area (Å²) in [4.78, 5) is 22.6. The summed E-state index contributed by atoms with van der Waals surface area (Å²) < 4.78 is 16.7. The molecule has 0 unspecified atom stereocenters. The van der Waals surface area contributed by atoms with Crippen molar-refractivity contribution in [3.63, 3.8) is 0 Å². The molecule has 34 heavy (non-hydrogen) atoms. The highest BCUT2D eigenvalue weighted by Crippen LogP contribution is 2.28. The summed E-state index contributed by atoms with van der Waals surface area (Å²) in [6, 6.07) is 18.2. The minimum atomic E-state index is -0.449. The average molecular weight is 463 g/mol. The largest absolute Gasteiger partial charge is 0.494 e. The molecular formula is C25H25N3O6. The van der Waals surface area contributed by atoms with Crippen LogP contribution in [-0.4, -0.2) is 30.8 Å². The SMILES string of the molecule is CCCOc1ccc(C(=O)N/N=C\c2ccc(OCc3ccc([N+](=O)[O-])cc3)c(OC)c2)cc1. The highest BCUT2D eigenvalue weighted by Gasteiger charge is 2.08. The molecule has 1 amide bonds. The van der Waals surface area contributed by atoms with Gasteiger partial charge in [0.2, 0.25) is 0 Å². The Morgan fingerprint density at radius 2 is 1.76 bits per heavy atom. The minimum absolute atomic E-state index is 0.0232. The zero-order valence-corrected chi connectivity index (χ0v) is 18.9. The number of nitrogens with one attached hydrogen (secondary N) is 1. The van der Waals surface area contributed by atoms with E-state index >= 15 is 0 Å². The van der Waals surface area contributed by atoms with E-state index in [1.54, 1.807) is 54.6 Å². The fourth-order valence-electron chi connectivity index (χ4n) is 2.91. The second-order valence-electron chi connectivity index (χ2n) is 7.19. The van der Waals surface area contributed by atoms with Gasteiger partial charge in [0.05, 0.1) is 24.9 Å². The van der Waals surface area contributed by atoms with Crippen LogP contribution in [0.4, 0.5) is 5.69 Å². The zero-order valence-electron chi connectivity index (χ0n) is 18.9. The molecule has 176 valence electrons. The second kappa shape index (κ2) is 12.0. The Labute approximate surface area is 197 Å². The van der Waals surface area contributed by atoms with Crippen LogP contribution in [0.5, 0.6) is 17.2 Å². The molecule has 3 aromatic carbocycles. The van der Waals surface area contributed by atoms with Gasteiger partial charge in [0.1, 0.15) is 12.4 Å². The van der Waals surface area contributed by atoms with Crippen molar-refractivity contribution >= 4 is 17.8 Å². The smallest absolute Gasteiger partial charge is 0.271 e. The molecule has 3 rings (SSSR count). The maximum Gasteiger partial charge on any atom is 0.271 e. The van der Waals surface area contributed by atoms with Gasteiger partial charge in [0, 0.05) is 17.7 Å². The number of hydrazone groups is 1. The van der Waals surface area contributed by atoms with E-state index in [2.05, 4.69) is 10.5 Å². The number of nitro groups is 1. The molecule has 0 spiro atoms. The first-order chi connectivity index (χ1) is 16.5. The van der Waals surface area contributed by atoms with E-state index in [0.717, 1.165) is 12.0 Å². The lowest BCUT2D eigenvalue weighted by Gasteiger charge is -2.11. The van der Waals surface area contributed by atoms with Gasteiger partial charge >= 0.3 is 0 Å². The molecule has 0 aliphatic carbocycles. The van der Waals surface area contributed by atoms with Gasteiger partial charge in [0.15, 0.2) is 11.5 Å². The monoisotopic (exact) mass is 463 g/mol. The van der Waals surface area contributed by atoms with Crippen molar-refractivity contribution in [2.24, 2.45) is 5.10 Å². The van der Waals surface area contributed by atoms with Gasteiger partial charge in [-0.1, -0.05) is 6.92 Å². The van der Waals surface area contributed by atoms with Crippen LogP contribution in [0.3, 0.4) is 0 Å². The molecule has 0 radical (unpaired) electrons. The van der Waals surface area contributed by atoms with E-state index < -0.39 is 4.92 Å². The number of methoxy groups -OCH3 is 1. The first-order valence-corrected chi connectivity index (χ1v) is 10.6. The van der Waals surface area contributed by atoms with E-state index in [-0.39, 0.29) is 18.2 Å². The third kappa shape index (κ3) is 6.80. The minimum Gasteiger partial charge on any atom is -0.494 e. The average Bonchev–Trinajstić information content (AvgIpc) is 2.87. The van der Waals surface area contributed by atoms with Crippen molar-refractivity contribution in [1.82, 2.24) is 5.43 Å². The normalized spacial score (nSPS) is 10.6. The van der Waals surface area contributed by atoms with Crippen molar-refractivity contribution in [1.29, 1.82) is 0 Å². The summed E-state index contributed by atoms with van der Waals surface area (Å²) in [5.41, 5.74) is 4.46. The fourth-order valence-corrected chi connectivity index (χ4v) is 2.91. The predicted molar refractivity (Wildman–Crippen MR) is 128 cm³/mol. The second-order valence-corrected chi connectivity index (χ2v) is 7.19. The number of carbonyl (C=O) groups is 1. The quantitative estimate of drug-likeness (QED) is 0.250. The number of nitrogens with zero attached hydrogens (tertiary/aromatic N) is 2. The number of nitro benzene ring substituents is 1. The van der Waals surface area contributed by atoms with Crippen molar-refractivity contribution < 1.29 is 23.9 Å². The molecule has 0 aromatic heterocycles. The maximum atomic E-state index is 12.3. The Morgan fingerprint density at radius 3 is 2.41 bits per heavy atom. The molecule has 0 heterocycles. The lowest BCUT2D eigenvalue weighted by Crippen LogP contribution is -2.17. The van der Waals surface area contributed by atoms with Gasteiger partial charge in [-0.25, -0.2) is 5.43 Å². The van der Waals surface area contributed by atoms with Crippen molar-refractivity contribution in [3.05, 3.63) is 93.5 Å². The van der Waals surface area contributed by atoms with Crippen LogP contribution in [-0.2, 0) is 6.61 Å². The first-order valence-electron chi connectivity index (χ1n) is 10.6. The molecule has 3 aromatic rings. The summed E-state index contributed by atoms with van der Waals surface area (Å²) in [6.07, 6.45) is 2.41. The van der Waals surface area contributed by atoms with Crippen LogP contribution >= 0.6 is 0 Å². The number of hydrogen-bond acceptors (Lipinski definition) is 7. The van der Waals surface area contributed by atoms with Gasteiger partial charge in [-0.2, -0.15) is 5.10 Å². The highest BCUT2D eigenvalue weighted by atomic mass is 16.6. The molecule has 9 nitrogen and oxygen atoms in total. The van der Waals surface area contributed by atoms with E-state index in [1.165, 1.54) is 25.5 Å². The Bertz CT molecular complexity index is 1140. The predicted octanol–water partition coefficient (Wildman–Crippen LogP) is 4.74. The standard InChI is InChI=1S/C25H25N3O6/c1-3-14-33-22-11-7-20(8-12-22)25(29)27-26-16-19-6-13-23(24(15-19)32-2)34-17-18-4-9-21(10-5-18)28(30)31/h4-13,15-16H,3,14,17H2,1-2H3,(H,27,29)/b26-16-. The Morgan fingerprint density at radius 1 is 1.03 bits per heavy atom. The topological polar surface area (TPSA) is 112 Å². The van der Waals surface area contributed by atoms with Crippen LogP contribution in [0, 0.1) is 10.1 Å². The fraction of sp³-hybridized carbons (Fsp3) is 0.200. The molecule has 9 heteroatoms. The summed E-state index contributed by atoms with van der Waals surface area (Å²) in [5, 5.41) is 14.8. The molecule has 1 N–H and O–H groups in total. The van der Waals surface area contributed by atoms with Crippen LogP contribution in [0.1, 0.15) is 34.8 Å². The number of non-ortho nitro benzene ring substituents is 1. The Kier molecular flexibility index (Phi) is 8.56. The molecule has 0 saturated heterocycles. The van der Waals surface area contributed by atoms with Gasteiger partial charge in [-0.3, -0.25) is 14.9 Å². The van der Waals surface area contributed by atoms with Crippen molar-refractivity contribution in [2.45, 2.75) is 20.0 Å². The van der Waals surface area contributed by atoms with E-state index in [1.807, 2.05) is 6.92 Å². The molecular weight excluding hydrogens is 438 g/mol. The molecule has 0 aliphatic heterocycles. The maximum absolute atomic E-state index is 12.3. The first kappa shape index (κ1) is 24.2. The molecule has 0 fully saturated rings. The summed E-state index contributed by atoms with van der Waals surface area (Å²) in [6.45, 7) is 2.87. The molecule has 0 atom stereocenters.